The fourth-order valence-electron chi connectivity index (χ4n) is 3.00. The average molecular weight is 351 g/mol. The van der Waals surface area contributed by atoms with Gasteiger partial charge in [-0.15, -0.1) is 0 Å². The summed E-state index contributed by atoms with van der Waals surface area (Å²) in [5.41, 5.74) is 1.51. The first-order chi connectivity index (χ1) is 11.3. The third-order valence-corrected chi connectivity index (χ3v) is 4.77. The minimum Gasteiger partial charge on any atom is -0.502 e. The smallest absolute Gasteiger partial charge is 0.293 e. The number of rotatable bonds is 2. The topological polar surface area (TPSA) is 62.5 Å². The average Bonchev–Trinajstić information content (AvgIpc) is 2.56. The SMILES string of the molecule is Cc1c2c(c(O)c(=O)n1C)C(=O)N(Cc1ccc(F)c(Cl)c1)CC2. The van der Waals surface area contributed by atoms with E-state index in [9.17, 15) is 19.1 Å². The Morgan fingerprint density at radius 3 is 2.71 bits per heavy atom. The van der Waals surface area contributed by atoms with Gasteiger partial charge < -0.3 is 14.6 Å². The Morgan fingerprint density at radius 1 is 1.33 bits per heavy atom. The molecule has 0 fully saturated rings. The van der Waals surface area contributed by atoms with Gasteiger partial charge >= 0.3 is 0 Å². The standard InChI is InChI=1S/C17H16ClFN2O3/c1-9-11-5-6-21(8-10-3-4-13(19)12(18)7-10)16(23)14(11)15(22)17(24)20(9)2/h3-4,7,22H,5-6,8H2,1-2H3. The van der Waals surface area contributed by atoms with Crippen LogP contribution in [0.5, 0.6) is 5.75 Å². The fourth-order valence-corrected chi connectivity index (χ4v) is 3.20. The maximum Gasteiger partial charge on any atom is 0.293 e. The molecule has 0 aliphatic carbocycles. The molecule has 0 spiro atoms. The van der Waals surface area contributed by atoms with Crippen molar-refractivity contribution >= 4 is 17.5 Å². The molecule has 0 atom stereocenters. The molecule has 5 nitrogen and oxygen atoms in total. The molecule has 1 aromatic heterocycles. The summed E-state index contributed by atoms with van der Waals surface area (Å²) >= 11 is 5.77. The number of carbonyl (C=O) groups is 1. The number of benzene rings is 1. The zero-order chi connectivity index (χ0) is 17.6. The van der Waals surface area contributed by atoms with Crippen molar-refractivity contribution in [3.63, 3.8) is 0 Å². The van der Waals surface area contributed by atoms with Crippen LogP contribution in [0, 0.1) is 12.7 Å². The Morgan fingerprint density at radius 2 is 2.04 bits per heavy atom. The first kappa shape index (κ1) is 16.5. The first-order valence-electron chi connectivity index (χ1n) is 7.46. The van der Waals surface area contributed by atoms with Crippen molar-refractivity contribution in [2.24, 2.45) is 7.05 Å². The lowest BCUT2D eigenvalue weighted by Gasteiger charge is -2.30. The summed E-state index contributed by atoms with van der Waals surface area (Å²) in [4.78, 5) is 26.3. The van der Waals surface area contributed by atoms with Crippen molar-refractivity contribution in [1.29, 1.82) is 0 Å². The van der Waals surface area contributed by atoms with Gasteiger partial charge in [-0.1, -0.05) is 17.7 Å². The van der Waals surface area contributed by atoms with Crippen LogP contribution in [0.25, 0.3) is 0 Å². The number of carbonyl (C=O) groups excluding carboxylic acids is 1. The Bertz CT molecular complexity index is 908. The molecule has 0 unspecified atom stereocenters. The molecule has 0 saturated heterocycles. The van der Waals surface area contributed by atoms with Gasteiger partial charge in [-0.2, -0.15) is 0 Å². The third-order valence-electron chi connectivity index (χ3n) is 4.48. The molecule has 0 saturated carbocycles. The van der Waals surface area contributed by atoms with Gasteiger partial charge in [0.1, 0.15) is 5.82 Å². The summed E-state index contributed by atoms with van der Waals surface area (Å²) in [5, 5.41) is 10.1. The van der Waals surface area contributed by atoms with Crippen LogP contribution in [0.3, 0.4) is 0 Å². The maximum absolute atomic E-state index is 13.2. The number of amides is 1. The zero-order valence-electron chi connectivity index (χ0n) is 13.3. The highest BCUT2D eigenvalue weighted by Crippen LogP contribution is 2.28. The van der Waals surface area contributed by atoms with Crippen molar-refractivity contribution in [3.05, 3.63) is 61.8 Å². The predicted molar refractivity (Wildman–Crippen MR) is 87.9 cm³/mol. The summed E-state index contributed by atoms with van der Waals surface area (Å²) < 4.78 is 14.6. The van der Waals surface area contributed by atoms with E-state index in [1.807, 2.05) is 0 Å². The number of pyridine rings is 1. The summed E-state index contributed by atoms with van der Waals surface area (Å²) in [7, 11) is 1.56. The van der Waals surface area contributed by atoms with Gasteiger partial charge in [-0.05, 0) is 36.6 Å². The first-order valence-corrected chi connectivity index (χ1v) is 7.83. The maximum atomic E-state index is 13.2. The van der Waals surface area contributed by atoms with Gasteiger partial charge in [-0.3, -0.25) is 9.59 Å². The highest BCUT2D eigenvalue weighted by molar-refractivity contribution is 6.30. The van der Waals surface area contributed by atoms with Crippen molar-refractivity contribution < 1.29 is 14.3 Å². The molecule has 2 aromatic rings. The zero-order valence-corrected chi connectivity index (χ0v) is 14.0. The van der Waals surface area contributed by atoms with Crippen LogP contribution in [-0.2, 0) is 20.0 Å². The van der Waals surface area contributed by atoms with Crippen molar-refractivity contribution in [2.45, 2.75) is 19.9 Å². The largest absolute Gasteiger partial charge is 0.502 e. The van der Waals surface area contributed by atoms with Crippen molar-refractivity contribution in [3.8, 4) is 5.75 Å². The second-order valence-electron chi connectivity index (χ2n) is 5.88. The van der Waals surface area contributed by atoms with E-state index in [1.165, 1.54) is 21.6 Å². The van der Waals surface area contributed by atoms with Crippen LogP contribution in [-0.4, -0.2) is 27.0 Å². The molecular formula is C17H16ClFN2O3. The molecule has 126 valence electrons. The van der Waals surface area contributed by atoms with Crippen LogP contribution in [0.4, 0.5) is 4.39 Å². The van der Waals surface area contributed by atoms with Crippen molar-refractivity contribution in [1.82, 2.24) is 9.47 Å². The second kappa shape index (κ2) is 5.94. The van der Waals surface area contributed by atoms with Crippen LogP contribution >= 0.6 is 11.6 Å². The highest BCUT2D eigenvalue weighted by atomic mass is 35.5. The van der Waals surface area contributed by atoms with E-state index < -0.39 is 23.0 Å². The van der Waals surface area contributed by atoms with Gasteiger partial charge in [0, 0.05) is 25.8 Å². The summed E-state index contributed by atoms with van der Waals surface area (Å²) in [6.07, 6.45) is 0.531. The van der Waals surface area contributed by atoms with E-state index in [2.05, 4.69) is 0 Å². The second-order valence-corrected chi connectivity index (χ2v) is 6.28. The third kappa shape index (κ3) is 2.57. The number of nitrogens with zero attached hydrogens (tertiary/aromatic N) is 2. The Hall–Kier alpha value is -2.34. The highest BCUT2D eigenvalue weighted by Gasteiger charge is 2.31. The van der Waals surface area contributed by atoms with E-state index in [0.717, 1.165) is 0 Å². The molecule has 1 aliphatic heterocycles. The Balaban J connectivity index is 1.98. The van der Waals surface area contributed by atoms with Crippen LogP contribution in [0.15, 0.2) is 23.0 Å². The number of fused-ring (bicyclic) bond motifs is 1. The summed E-state index contributed by atoms with van der Waals surface area (Å²) in [6.45, 7) is 2.42. The number of hydrogen-bond donors (Lipinski definition) is 1. The van der Waals surface area contributed by atoms with Gasteiger partial charge in [-0.25, -0.2) is 4.39 Å². The number of aromatic nitrogens is 1. The van der Waals surface area contributed by atoms with Gasteiger partial charge in [0.2, 0.25) is 0 Å². The predicted octanol–water partition coefficient (Wildman–Crippen LogP) is 2.39. The molecule has 1 N–H and O–H groups in total. The minimum absolute atomic E-state index is 0.00933. The van der Waals surface area contributed by atoms with E-state index in [1.54, 1.807) is 20.0 Å². The molecule has 2 heterocycles. The molecular weight excluding hydrogens is 335 g/mol. The van der Waals surface area contributed by atoms with Crippen LogP contribution in [0.1, 0.15) is 27.2 Å². The molecule has 1 aromatic carbocycles. The van der Waals surface area contributed by atoms with E-state index in [4.69, 9.17) is 11.6 Å². The number of aromatic hydroxyl groups is 1. The fraction of sp³-hybridized carbons (Fsp3) is 0.294. The molecule has 1 amide bonds. The van der Waals surface area contributed by atoms with Crippen molar-refractivity contribution in [2.75, 3.05) is 6.54 Å². The van der Waals surface area contributed by atoms with E-state index >= 15 is 0 Å². The summed E-state index contributed by atoms with van der Waals surface area (Å²) in [5.74, 6) is -1.45. The normalized spacial score (nSPS) is 14.0. The van der Waals surface area contributed by atoms with E-state index in [0.29, 0.717) is 29.8 Å². The molecule has 3 rings (SSSR count). The Kier molecular flexibility index (Phi) is 4.09. The van der Waals surface area contributed by atoms with Crippen LogP contribution in [0.2, 0.25) is 5.02 Å². The van der Waals surface area contributed by atoms with E-state index in [-0.39, 0.29) is 17.1 Å². The number of halogens is 2. The van der Waals surface area contributed by atoms with Gasteiger partial charge in [0.25, 0.3) is 11.5 Å². The Labute approximate surface area is 142 Å². The molecule has 0 radical (unpaired) electrons. The lowest BCUT2D eigenvalue weighted by Crippen LogP contribution is -2.39. The monoisotopic (exact) mass is 350 g/mol. The van der Waals surface area contributed by atoms with Gasteiger partial charge in [0.15, 0.2) is 5.75 Å². The lowest BCUT2D eigenvalue weighted by atomic mass is 9.96. The minimum atomic E-state index is -0.591. The molecule has 1 aliphatic rings. The van der Waals surface area contributed by atoms with Gasteiger partial charge in [0.05, 0.1) is 10.6 Å². The molecule has 7 heteroatoms. The lowest BCUT2D eigenvalue weighted by molar-refractivity contribution is 0.0722. The number of hydrogen-bond acceptors (Lipinski definition) is 3. The summed E-state index contributed by atoms with van der Waals surface area (Å²) in [6, 6.07) is 4.27. The van der Waals surface area contributed by atoms with Crippen LogP contribution < -0.4 is 5.56 Å². The molecule has 0 bridgehead atoms. The quantitative estimate of drug-likeness (QED) is 0.904. The molecule has 24 heavy (non-hydrogen) atoms.